The van der Waals surface area contributed by atoms with Gasteiger partial charge in [-0.2, -0.15) is 0 Å². The number of hydrogen-bond acceptors (Lipinski definition) is 0. The molecule has 0 bridgehead atoms. The lowest BCUT2D eigenvalue weighted by atomic mass is 10.1. The highest BCUT2D eigenvalue weighted by Crippen LogP contribution is 2.14. The summed E-state index contributed by atoms with van der Waals surface area (Å²) >= 11 is 0. The van der Waals surface area contributed by atoms with Gasteiger partial charge in [0, 0.05) is 0 Å². The SMILES string of the molecule is CCCCCCC[CH][Si](C)(C)c1ccccc1. The molecule has 1 radical (unpaired) electrons. The van der Waals surface area contributed by atoms with Gasteiger partial charge in [-0.3, -0.25) is 0 Å². The zero-order valence-corrected chi connectivity index (χ0v) is 12.7. The molecular formula is C16H27Si. The van der Waals surface area contributed by atoms with E-state index in [0.717, 1.165) is 0 Å². The summed E-state index contributed by atoms with van der Waals surface area (Å²) in [5, 5.41) is 1.56. The Balaban J connectivity index is 2.26. The molecule has 0 unspecified atom stereocenters. The molecule has 17 heavy (non-hydrogen) atoms. The molecule has 0 saturated carbocycles. The van der Waals surface area contributed by atoms with Crippen LogP contribution in [0.5, 0.6) is 0 Å². The third-order valence-corrected chi connectivity index (χ3v) is 6.61. The fourth-order valence-corrected chi connectivity index (χ4v) is 4.41. The minimum Gasteiger partial charge on any atom is -0.0654 e. The van der Waals surface area contributed by atoms with E-state index < -0.39 is 8.07 Å². The summed E-state index contributed by atoms with van der Waals surface area (Å²) in [6.45, 7) is 7.18. The van der Waals surface area contributed by atoms with Crippen molar-refractivity contribution in [3.05, 3.63) is 36.4 Å². The molecular weight excluding hydrogens is 220 g/mol. The summed E-state index contributed by atoms with van der Waals surface area (Å²) in [5.41, 5.74) is 0. The van der Waals surface area contributed by atoms with Crippen LogP contribution in [0.4, 0.5) is 0 Å². The van der Waals surface area contributed by atoms with Crippen molar-refractivity contribution in [1.29, 1.82) is 0 Å². The van der Waals surface area contributed by atoms with Crippen molar-refractivity contribution in [2.45, 2.75) is 58.5 Å². The quantitative estimate of drug-likeness (QED) is 0.461. The van der Waals surface area contributed by atoms with Crippen molar-refractivity contribution in [2.24, 2.45) is 0 Å². The second kappa shape index (κ2) is 7.70. The molecule has 0 aliphatic rings. The fraction of sp³-hybridized carbons (Fsp3) is 0.562. The van der Waals surface area contributed by atoms with E-state index in [-0.39, 0.29) is 0 Å². The fourth-order valence-electron chi connectivity index (χ4n) is 2.20. The molecule has 0 aromatic heterocycles. The lowest BCUT2D eigenvalue weighted by molar-refractivity contribution is 0.633. The average Bonchev–Trinajstić information content (AvgIpc) is 2.35. The highest BCUT2D eigenvalue weighted by molar-refractivity contribution is 6.92. The van der Waals surface area contributed by atoms with Gasteiger partial charge >= 0.3 is 0 Å². The minimum atomic E-state index is -1.27. The summed E-state index contributed by atoms with van der Waals surface area (Å²) in [7, 11) is -1.27. The predicted octanol–water partition coefficient (Wildman–Crippen LogP) is 4.71. The molecule has 1 rings (SSSR count). The van der Waals surface area contributed by atoms with Gasteiger partial charge in [0.1, 0.15) is 0 Å². The maximum atomic E-state index is 2.62. The molecule has 0 nitrogen and oxygen atoms in total. The first-order valence-corrected chi connectivity index (χ1v) is 10.1. The molecule has 0 aliphatic carbocycles. The third-order valence-electron chi connectivity index (χ3n) is 3.48. The summed E-state index contributed by atoms with van der Waals surface area (Å²) in [6.07, 6.45) is 8.25. The number of benzene rings is 1. The Bertz CT molecular complexity index is 290. The van der Waals surface area contributed by atoms with Crippen molar-refractivity contribution in [3.8, 4) is 0 Å². The van der Waals surface area contributed by atoms with E-state index in [2.05, 4.69) is 56.4 Å². The predicted molar refractivity (Wildman–Crippen MR) is 81.2 cm³/mol. The molecule has 0 amide bonds. The molecule has 0 saturated heterocycles. The Morgan fingerprint density at radius 1 is 0.941 bits per heavy atom. The van der Waals surface area contributed by atoms with Gasteiger partial charge in [-0.05, 0) is 6.04 Å². The third kappa shape index (κ3) is 5.54. The van der Waals surface area contributed by atoms with E-state index in [4.69, 9.17) is 0 Å². The van der Waals surface area contributed by atoms with Crippen LogP contribution in [0.3, 0.4) is 0 Å². The largest absolute Gasteiger partial charge is 0.0836 e. The van der Waals surface area contributed by atoms with Crippen LogP contribution in [0.2, 0.25) is 13.1 Å². The first kappa shape index (κ1) is 14.5. The minimum absolute atomic E-state index is 1.27. The molecule has 0 aliphatic heterocycles. The van der Waals surface area contributed by atoms with Crippen LogP contribution in [0.1, 0.15) is 45.4 Å². The van der Waals surface area contributed by atoms with Gasteiger partial charge in [-0.15, -0.1) is 0 Å². The van der Waals surface area contributed by atoms with Crippen LogP contribution in [-0.4, -0.2) is 8.07 Å². The van der Waals surface area contributed by atoms with E-state index in [9.17, 15) is 0 Å². The summed E-state index contributed by atoms with van der Waals surface area (Å²) in [5.74, 6) is 0. The lowest BCUT2D eigenvalue weighted by Crippen LogP contribution is -2.42. The van der Waals surface area contributed by atoms with E-state index in [1.165, 1.54) is 38.5 Å². The molecule has 0 N–H and O–H groups in total. The van der Waals surface area contributed by atoms with Gasteiger partial charge in [0.05, 0.1) is 8.07 Å². The second-order valence-corrected chi connectivity index (χ2v) is 9.92. The second-order valence-electron chi connectivity index (χ2n) is 5.49. The molecule has 0 heterocycles. The lowest BCUT2D eigenvalue weighted by Gasteiger charge is -2.22. The Kier molecular flexibility index (Phi) is 6.57. The normalized spacial score (nSPS) is 11.7. The first-order valence-electron chi connectivity index (χ1n) is 7.06. The standard InChI is InChI=1S/C16H27Si/c1-4-5-6-7-8-12-15-17(2,3)16-13-10-9-11-14-16/h9-11,13-15H,4-8,12H2,1-3H3. The summed E-state index contributed by atoms with van der Waals surface area (Å²) in [4.78, 5) is 0. The monoisotopic (exact) mass is 247 g/mol. The smallest absolute Gasteiger partial charge is 0.0654 e. The summed E-state index contributed by atoms with van der Waals surface area (Å²) < 4.78 is 0. The zero-order chi connectivity index (χ0) is 12.6. The molecule has 0 spiro atoms. The van der Waals surface area contributed by atoms with Crippen LogP contribution in [0.15, 0.2) is 30.3 Å². The number of unbranched alkanes of at least 4 members (excludes halogenated alkanes) is 5. The average molecular weight is 247 g/mol. The van der Waals surface area contributed by atoms with Gasteiger partial charge < -0.3 is 0 Å². The van der Waals surface area contributed by atoms with Crippen molar-refractivity contribution >= 4 is 13.3 Å². The van der Waals surface area contributed by atoms with Crippen LogP contribution in [-0.2, 0) is 0 Å². The van der Waals surface area contributed by atoms with E-state index in [1.54, 1.807) is 5.19 Å². The van der Waals surface area contributed by atoms with E-state index >= 15 is 0 Å². The molecule has 1 aromatic carbocycles. The number of hydrogen-bond donors (Lipinski definition) is 0. The first-order chi connectivity index (χ1) is 8.17. The highest BCUT2D eigenvalue weighted by atomic mass is 28.3. The topological polar surface area (TPSA) is 0 Å². The molecule has 1 heteroatoms. The van der Waals surface area contributed by atoms with E-state index in [0.29, 0.717) is 0 Å². The maximum Gasteiger partial charge on any atom is 0.0836 e. The molecule has 0 atom stereocenters. The van der Waals surface area contributed by atoms with Gasteiger partial charge in [-0.1, -0.05) is 94.1 Å². The van der Waals surface area contributed by atoms with Crippen LogP contribution in [0.25, 0.3) is 0 Å². The molecule has 1 aromatic rings. The van der Waals surface area contributed by atoms with Crippen molar-refractivity contribution in [2.75, 3.05) is 0 Å². The number of rotatable bonds is 8. The van der Waals surface area contributed by atoms with Crippen LogP contribution < -0.4 is 5.19 Å². The van der Waals surface area contributed by atoms with Crippen molar-refractivity contribution < 1.29 is 0 Å². The Labute approximate surface area is 108 Å². The van der Waals surface area contributed by atoms with E-state index in [1.807, 2.05) is 0 Å². The maximum absolute atomic E-state index is 2.62. The Hall–Kier alpha value is -0.563. The highest BCUT2D eigenvalue weighted by Gasteiger charge is 2.22. The van der Waals surface area contributed by atoms with Crippen LogP contribution >= 0.6 is 0 Å². The van der Waals surface area contributed by atoms with Crippen LogP contribution in [0, 0.1) is 6.04 Å². The Morgan fingerprint density at radius 2 is 1.59 bits per heavy atom. The van der Waals surface area contributed by atoms with Gasteiger partial charge in [-0.25, -0.2) is 0 Å². The van der Waals surface area contributed by atoms with Gasteiger partial charge in [0.2, 0.25) is 0 Å². The van der Waals surface area contributed by atoms with Crippen molar-refractivity contribution in [1.82, 2.24) is 0 Å². The van der Waals surface area contributed by atoms with Gasteiger partial charge in [0.15, 0.2) is 0 Å². The summed E-state index contributed by atoms with van der Waals surface area (Å²) in [6, 6.07) is 13.6. The van der Waals surface area contributed by atoms with Crippen molar-refractivity contribution in [3.63, 3.8) is 0 Å². The molecule has 95 valence electrons. The zero-order valence-electron chi connectivity index (χ0n) is 11.7. The molecule has 0 fully saturated rings. The van der Waals surface area contributed by atoms with Gasteiger partial charge in [0.25, 0.3) is 0 Å². The Morgan fingerprint density at radius 3 is 2.24 bits per heavy atom.